The Morgan fingerprint density at radius 1 is 1.50 bits per heavy atom. The van der Waals surface area contributed by atoms with Crippen molar-refractivity contribution in [1.29, 1.82) is 0 Å². The third-order valence-electron chi connectivity index (χ3n) is 2.54. The second-order valence-corrected chi connectivity index (χ2v) is 3.60. The van der Waals surface area contributed by atoms with Crippen molar-refractivity contribution in [2.45, 2.75) is 12.8 Å². The fraction of sp³-hybridized carbons (Fsp3) is 0.400. The molecule has 2 rings (SSSR count). The normalized spacial score (nSPS) is 21.2. The van der Waals surface area contributed by atoms with E-state index >= 15 is 0 Å². The highest BCUT2D eigenvalue weighted by atomic mass is 15.1. The van der Waals surface area contributed by atoms with E-state index in [9.17, 15) is 0 Å². The summed E-state index contributed by atoms with van der Waals surface area (Å²) in [5, 5.41) is 0. The van der Waals surface area contributed by atoms with Gasteiger partial charge in [-0.1, -0.05) is 13.0 Å². The highest BCUT2D eigenvalue weighted by molar-refractivity contribution is 5.65. The largest absolute Gasteiger partial charge is 0.399 e. The number of likely N-dealkylation sites (N-methyl/N-ethyl adjacent to an activating group) is 1. The predicted octanol–water partition coefficient (Wildman–Crippen LogP) is 1.82. The van der Waals surface area contributed by atoms with Gasteiger partial charge in [-0.2, -0.15) is 0 Å². The van der Waals surface area contributed by atoms with Crippen LogP contribution in [-0.4, -0.2) is 13.6 Å². The Hall–Kier alpha value is -1.18. The Bertz CT molecular complexity index is 307. The van der Waals surface area contributed by atoms with E-state index in [1.165, 1.54) is 11.3 Å². The zero-order valence-electron chi connectivity index (χ0n) is 7.54. The molecule has 1 heterocycles. The molecule has 0 saturated carbocycles. The zero-order chi connectivity index (χ0) is 8.72. The Labute approximate surface area is 73.0 Å². The molecule has 0 aliphatic carbocycles. The lowest BCUT2D eigenvalue weighted by molar-refractivity contribution is 0.796. The first-order valence-corrected chi connectivity index (χ1v) is 4.29. The van der Waals surface area contributed by atoms with Gasteiger partial charge in [-0.25, -0.2) is 0 Å². The molecule has 1 aromatic rings. The Morgan fingerprint density at radius 3 is 3.00 bits per heavy atom. The molecule has 1 aliphatic heterocycles. The maximum atomic E-state index is 5.71. The van der Waals surface area contributed by atoms with Gasteiger partial charge < -0.3 is 10.6 Å². The standard InChI is InChI=1S/C10H14N2/c1-7-6-12(2)10-5-8(11)3-4-9(7)10/h3-5,7H,6,11H2,1-2H3. The fourth-order valence-corrected chi connectivity index (χ4v) is 1.92. The third kappa shape index (κ3) is 0.951. The van der Waals surface area contributed by atoms with Gasteiger partial charge in [0.2, 0.25) is 0 Å². The molecule has 0 aromatic heterocycles. The summed E-state index contributed by atoms with van der Waals surface area (Å²) < 4.78 is 0. The van der Waals surface area contributed by atoms with Crippen LogP contribution in [0, 0.1) is 0 Å². The molecular formula is C10H14N2. The van der Waals surface area contributed by atoms with Crippen molar-refractivity contribution in [1.82, 2.24) is 0 Å². The van der Waals surface area contributed by atoms with Crippen LogP contribution in [0.5, 0.6) is 0 Å². The molecule has 2 N–H and O–H groups in total. The molecule has 1 atom stereocenters. The SMILES string of the molecule is CC1CN(C)c2cc(N)ccc21. The lowest BCUT2D eigenvalue weighted by Gasteiger charge is -2.11. The van der Waals surface area contributed by atoms with Crippen LogP contribution in [0.25, 0.3) is 0 Å². The smallest absolute Gasteiger partial charge is 0.0420 e. The average molecular weight is 162 g/mol. The van der Waals surface area contributed by atoms with Crippen molar-refractivity contribution in [2.24, 2.45) is 0 Å². The number of hydrogen-bond donors (Lipinski definition) is 1. The van der Waals surface area contributed by atoms with Gasteiger partial charge in [0.05, 0.1) is 0 Å². The predicted molar refractivity (Wildman–Crippen MR) is 52.5 cm³/mol. The van der Waals surface area contributed by atoms with Crippen LogP contribution in [0.4, 0.5) is 11.4 Å². The second kappa shape index (κ2) is 2.41. The Balaban J connectivity index is 2.53. The first-order chi connectivity index (χ1) is 5.68. The summed E-state index contributed by atoms with van der Waals surface area (Å²) in [4.78, 5) is 2.26. The number of nitrogens with zero attached hydrogens (tertiary/aromatic N) is 1. The summed E-state index contributed by atoms with van der Waals surface area (Å²) >= 11 is 0. The van der Waals surface area contributed by atoms with E-state index in [-0.39, 0.29) is 0 Å². The zero-order valence-corrected chi connectivity index (χ0v) is 7.54. The van der Waals surface area contributed by atoms with E-state index in [1.807, 2.05) is 6.07 Å². The van der Waals surface area contributed by atoms with Crippen LogP contribution < -0.4 is 10.6 Å². The fourth-order valence-electron chi connectivity index (χ4n) is 1.92. The molecule has 12 heavy (non-hydrogen) atoms. The van der Waals surface area contributed by atoms with E-state index in [4.69, 9.17) is 5.73 Å². The van der Waals surface area contributed by atoms with Crippen molar-refractivity contribution >= 4 is 11.4 Å². The third-order valence-corrected chi connectivity index (χ3v) is 2.54. The maximum Gasteiger partial charge on any atom is 0.0420 e. The van der Waals surface area contributed by atoms with Crippen molar-refractivity contribution in [2.75, 3.05) is 24.2 Å². The summed E-state index contributed by atoms with van der Waals surface area (Å²) in [6, 6.07) is 6.17. The molecule has 0 spiro atoms. The molecule has 1 unspecified atom stereocenters. The van der Waals surface area contributed by atoms with Crippen molar-refractivity contribution in [3.63, 3.8) is 0 Å². The summed E-state index contributed by atoms with van der Waals surface area (Å²) in [5.41, 5.74) is 9.28. The number of anilines is 2. The van der Waals surface area contributed by atoms with Crippen LogP contribution in [0.1, 0.15) is 18.4 Å². The number of benzene rings is 1. The van der Waals surface area contributed by atoms with Gasteiger partial charge in [0, 0.05) is 30.9 Å². The van der Waals surface area contributed by atoms with E-state index in [0.717, 1.165) is 12.2 Å². The molecule has 0 fully saturated rings. The average Bonchev–Trinajstić information content (AvgIpc) is 2.28. The number of rotatable bonds is 0. The van der Waals surface area contributed by atoms with Crippen molar-refractivity contribution in [3.05, 3.63) is 23.8 Å². The van der Waals surface area contributed by atoms with E-state index < -0.39 is 0 Å². The lowest BCUT2D eigenvalue weighted by atomic mass is 10.0. The summed E-state index contributed by atoms with van der Waals surface area (Å²) in [7, 11) is 2.11. The summed E-state index contributed by atoms with van der Waals surface area (Å²) in [6.07, 6.45) is 0. The number of fused-ring (bicyclic) bond motifs is 1. The second-order valence-electron chi connectivity index (χ2n) is 3.60. The van der Waals surface area contributed by atoms with Gasteiger partial charge in [-0.3, -0.25) is 0 Å². The first-order valence-electron chi connectivity index (χ1n) is 4.29. The van der Waals surface area contributed by atoms with Crippen LogP contribution in [0.3, 0.4) is 0 Å². The minimum Gasteiger partial charge on any atom is -0.399 e. The lowest BCUT2D eigenvalue weighted by Crippen LogP contribution is -2.13. The summed E-state index contributed by atoms with van der Waals surface area (Å²) in [6.45, 7) is 3.36. The molecule has 2 nitrogen and oxygen atoms in total. The molecule has 0 saturated heterocycles. The van der Waals surface area contributed by atoms with Gasteiger partial charge in [0.1, 0.15) is 0 Å². The molecule has 1 aliphatic rings. The number of hydrogen-bond acceptors (Lipinski definition) is 2. The number of nitrogen functional groups attached to an aromatic ring is 1. The Morgan fingerprint density at radius 2 is 2.25 bits per heavy atom. The van der Waals surface area contributed by atoms with Gasteiger partial charge in [-0.05, 0) is 17.7 Å². The Kier molecular flexibility index (Phi) is 1.50. The highest BCUT2D eigenvalue weighted by Gasteiger charge is 2.22. The maximum absolute atomic E-state index is 5.71. The van der Waals surface area contributed by atoms with E-state index in [0.29, 0.717) is 5.92 Å². The van der Waals surface area contributed by atoms with Crippen molar-refractivity contribution in [3.8, 4) is 0 Å². The quantitative estimate of drug-likeness (QED) is 0.590. The van der Waals surface area contributed by atoms with Crippen LogP contribution in [0.15, 0.2) is 18.2 Å². The van der Waals surface area contributed by atoms with Crippen molar-refractivity contribution < 1.29 is 0 Å². The minimum atomic E-state index is 0.644. The monoisotopic (exact) mass is 162 g/mol. The first kappa shape index (κ1) is 7.47. The molecule has 2 heteroatoms. The highest BCUT2D eigenvalue weighted by Crippen LogP contribution is 2.35. The molecule has 0 amide bonds. The number of nitrogens with two attached hydrogens (primary N) is 1. The van der Waals surface area contributed by atoms with Gasteiger partial charge in [0.25, 0.3) is 0 Å². The van der Waals surface area contributed by atoms with E-state index in [1.54, 1.807) is 0 Å². The molecule has 0 radical (unpaired) electrons. The van der Waals surface area contributed by atoms with Gasteiger partial charge in [0.15, 0.2) is 0 Å². The summed E-state index contributed by atoms with van der Waals surface area (Å²) in [5.74, 6) is 0.644. The van der Waals surface area contributed by atoms with Crippen LogP contribution in [-0.2, 0) is 0 Å². The topological polar surface area (TPSA) is 29.3 Å². The van der Waals surface area contributed by atoms with Crippen LogP contribution in [0.2, 0.25) is 0 Å². The minimum absolute atomic E-state index is 0.644. The van der Waals surface area contributed by atoms with E-state index in [2.05, 4.69) is 31.0 Å². The molecule has 0 bridgehead atoms. The molecule has 64 valence electrons. The molecular weight excluding hydrogens is 148 g/mol. The molecule has 1 aromatic carbocycles. The van der Waals surface area contributed by atoms with Crippen LogP contribution >= 0.6 is 0 Å². The van der Waals surface area contributed by atoms with Gasteiger partial charge >= 0.3 is 0 Å². The van der Waals surface area contributed by atoms with Gasteiger partial charge in [-0.15, -0.1) is 0 Å².